The molecule has 0 bridgehead atoms. The third-order valence-electron chi connectivity index (χ3n) is 7.20. The van der Waals surface area contributed by atoms with Crippen molar-refractivity contribution in [1.29, 1.82) is 0 Å². The molecule has 180 valence electrons. The molecule has 1 aliphatic heterocycles. The topological polar surface area (TPSA) is 38.3 Å². The standard InChI is InChI=1S/C30H33N3OS/c1-22-26(14-9-15-27(22)34-2)29(33-20-18-25(19-21-33)24-12-7-4-8-13-24)30-31-28(32-35-30)17-16-23-10-5-3-6-11-23/h3-15,25,29H,16-21H2,1-2H3. The zero-order chi connectivity index (χ0) is 24.0. The van der Waals surface area contributed by atoms with Gasteiger partial charge in [-0.15, -0.1) is 0 Å². The minimum atomic E-state index is 0.102. The monoisotopic (exact) mass is 483 g/mol. The molecule has 0 aliphatic carbocycles. The SMILES string of the molecule is COc1cccc(C(c2nc(CCc3ccccc3)ns2)N2CCC(c3ccccc3)CC2)c1C. The summed E-state index contributed by atoms with van der Waals surface area (Å²) in [6.45, 7) is 4.24. The van der Waals surface area contributed by atoms with E-state index in [1.54, 1.807) is 18.6 Å². The van der Waals surface area contributed by atoms with Gasteiger partial charge in [0.15, 0.2) is 0 Å². The lowest BCUT2D eigenvalue weighted by Gasteiger charge is -2.37. The molecule has 0 radical (unpaired) electrons. The van der Waals surface area contributed by atoms with Crippen molar-refractivity contribution in [3.8, 4) is 5.75 Å². The first-order valence-corrected chi connectivity index (χ1v) is 13.3. The van der Waals surface area contributed by atoms with Crippen LogP contribution in [0.5, 0.6) is 5.75 Å². The van der Waals surface area contributed by atoms with E-state index >= 15 is 0 Å². The molecular formula is C30H33N3OS. The van der Waals surface area contributed by atoms with Gasteiger partial charge in [-0.2, -0.15) is 4.37 Å². The second kappa shape index (κ2) is 11.1. The number of hydrogen-bond acceptors (Lipinski definition) is 5. The number of rotatable bonds is 8. The van der Waals surface area contributed by atoms with E-state index in [0.29, 0.717) is 5.92 Å². The van der Waals surface area contributed by atoms with E-state index in [4.69, 9.17) is 14.1 Å². The molecule has 1 aliphatic rings. The molecule has 4 aromatic rings. The lowest BCUT2D eigenvalue weighted by molar-refractivity contribution is 0.173. The Morgan fingerprint density at radius 3 is 2.34 bits per heavy atom. The fourth-order valence-corrected chi connectivity index (χ4v) is 6.08. The molecule has 0 saturated carbocycles. The summed E-state index contributed by atoms with van der Waals surface area (Å²) in [5.41, 5.74) is 5.24. The normalized spacial score (nSPS) is 15.7. The van der Waals surface area contributed by atoms with Gasteiger partial charge in [-0.05, 0) is 85.0 Å². The molecule has 5 heteroatoms. The van der Waals surface area contributed by atoms with E-state index in [1.807, 2.05) is 6.07 Å². The van der Waals surface area contributed by atoms with Gasteiger partial charge in [-0.3, -0.25) is 4.90 Å². The summed E-state index contributed by atoms with van der Waals surface area (Å²) in [6.07, 6.45) is 4.13. The third-order valence-corrected chi connectivity index (χ3v) is 8.01. The molecule has 2 heterocycles. The highest BCUT2D eigenvalue weighted by atomic mass is 32.1. The predicted molar refractivity (Wildman–Crippen MR) is 143 cm³/mol. The van der Waals surface area contributed by atoms with Crippen LogP contribution in [0.3, 0.4) is 0 Å². The van der Waals surface area contributed by atoms with Gasteiger partial charge in [0, 0.05) is 6.42 Å². The van der Waals surface area contributed by atoms with Gasteiger partial charge in [-0.25, -0.2) is 4.98 Å². The summed E-state index contributed by atoms with van der Waals surface area (Å²) < 4.78 is 10.5. The first kappa shape index (κ1) is 23.7. The summed E-state index contributed by atoms with van der Waals surface area (Å²) >= 11 is 1.56. The van der Waals surface area contributed by atoms with Crippen molar-refractivity contribution >= 4 is 11.5 Å². The van der Waals surface area contributed by atoms with Crippen LogP contribution in [0.25, 0.3) is 0 Å². The highest BCUT2D eigenvalue weighted by Gasteiger charge is 2.31. The molecule has 0 N–H and O–H groups in total. The molecule has 1 saturated heterocycles. The summed E-state index contributed by atoms with van der Waals surface area (Å²) in [5.74, 6) is 2.49. The maximum atomic E-state index is 5.68. The Hall–Kier alpha value is -3.02. The van der Waals surface area contributed by atoms with E-state index in [9.17, 15) is 0 Å². The molecule has 1 fully saturated rings. The Morgan fingerprint density at radius 1 is 0.914 bits per heavy atom. The largest absolute Gasteiger partial charge is 0.496 e. The third kappa shape index (κ3) is 5.47. The number of ether oxygens (including phenoxy) is 1. The second-order valence-electron chi connectivity index (χ2n) is 9.33. The van der Waals surface area contributed by atoms with Gasteiger partial charge < -0.3 is 4.74 Å². The summed E-state index contributed by atoms with van der Waals surface area (Å²) in [4.78, 5) is 7.68. The Labute approximate surface area is 212 Å². The molecule has 35 heavy (non-hydrogen) atoms. The number of methoxy groups -OCH3 is 1. The maximum Gasteiger partial charge on any atom is 0.143 e. The van der Waals surface area contributed by atoms with Gasteiger partial charge >= 0.3 is 0 Å². The first-order valence-electron chi connectivity index (χ1n) is 12.5. The van der Waals surface area contributed by atoms with Gasteiger partial charge in [0.1, 0.15) is 16.6 Å². The lowest BCUT2D eigenvalue weighted by atomic mass is 9.88. The van der Waals surface area contributed by atoms with Crippen LogP contribution in [0.2, 0.25) is 0 Å². The van der Waals surface area contributed by atoms with Crippen molar-refractivity contribution in [3.05, 3.63) is 112 Å². The average molecular weight is 484 g/mol. The van der Waals surface area contributed by atoms with Crippen LogP contribution in [-0.2, 0) is 12.8 Å². The molecule has 1 unspecified atom stereocenters. The molecule has 1 aromatic heterocycles. The van der Waals surface area contributed by atoms with Crippen molar-refractivity contribution in [1.82, 2.24) is 14.3 Å². The van der Waals surface area contributed by atoms with Crippen LogP contribution >= 0.6 is 11.5 Å². The summed E-state index contributed by atoms with van der Waals surface area (Å²) in [7, 11) is 1.75. The maximum absolute atomic E-state index is 5.68. The molecule has 0 amide bonds. The van der Waals surface area contributed by atoms with Crippen LogP contribution in [0, 0.1) is 6.92 Å². The van der Waals surface area contributed by atoms with Gasteiger partial charge in [0.2, 0.25) is 0 Å². The van der Waals surface area contributed by atoms with Crippen LogP contribution in [-0.4, -0.2) is 34.5 Å². The smallest absolute Gasteiger partial charge is 0.143 e. The number of aryl methyl sites for hydroxylation is 2. The molecule has 1 atom stereocenters. The first-order chi connectivity index (χ1) is 17.2. The number of nitrogens with zero attached hydrogens (tertiary/aromatic N) is 3. The molecule has 0 spiro atoms. The van der Waals surface area contributed by atoms with Crippen LogP contribution in [0.4, 0.5) is 0 Å². The van der Waals surface area contributed by atoms with E-state index in [2.05, 4.69) is 84.6 Å². The van der Waals surface area contributed by atoms with Gasteiger partial charge in [0.05, 0.1) is 13.2 Å². The number of aromatic nitrogens is 2. The highest BCUT2D eigenvalue weighted by molar-refractivity contribution is 7.05. The Kier molecular flexibility index (Phi) is 7.55. The van der Waals surface area contributed by atoms with E-state index < -0.39 is 0 Å². The van der Waals surface area contributed by atoms with Crippen LogP contribution in [0.1, 0.15) is 57.9 Å². The highest BCUT2D eigenvalue weighted by Crippen LogP contribution is 2.39. The second-order valence-corrected chi connectivity index (χ2v) is 10.1. The van der Waals surface area contributed by atoms with E-state index in [0.717, 1.165) is 55.4 Å². The number of piperidine rings is 1. The van der Waals surface area contributed by atoms with Crippen LogP contribution in [0.15, 0.2) is 78.9 Å². The van der Waals surface area contributed by atoms with Crippen molar-refractivity contribution < 1.29 is 4.74 Å². The van der Waals surface area contributed by atoms with E-state index in [1.165, 1.54) is 22.3 Å². The number of hydrogen-bond donors (Lipinski definition) is 0. The van der Waals surface area contributed by atoms with Crippen molar-refractivity contribution in [2.45, 2.75) is 44.6 Å². The predicted octanol–water partition coefficient (Wildman–Crippen LogP) is 6.61. The fourth-order valence-electron chi connectivity index (χ4n) is 5.23. The van der Waals surface area contributed by atoms with Crippen molar-refractivity contribution in [3.63, 3.8) is 0 Å². The zero-order valence-electron chi connectivity index (χ0n) is 20.6. The van der Waals surface area contributed by atoms with E-state index in [-0.39, 0.29) is 6.04 Å². The Morgan fingerprint density at radius 2 is 1.63 bits per heavy atom. The molecule has 5 rings (SSSR count). The van der Waals surface area contributed by atoms with Crippen LogP contribution < -0.4 is 4.74 Å². The van der Waals surface area contributed by atoms with Gasteiger partial charge in [-0.1, -0.05) is 72.8 Å². The molecule has 3 aromatic carbocycles. The summed E-state index contributed by atoms with van der Waals surface area (Å²) in [5, 5.41) is 1.09. The average Bonchev–Trinajstić information content (AvgIpc) is 3.39. The molecular weight excluding hydrogens is 450 g/mol. The van der Waals surface area contributed by atoms with Gasteiger partial charge in [0.25, 0.3) is 0 Å². The number of benzene rings is 3. The quantitative estimate of drug-likeness (QED) is 0.283. The summed E-state index contributed by atoms with van der Waals surface area (Å²) in [6, 6.07) is 28.0. The molecule has 4 nitrogen and oxygen atoms in total. The van der Waals surface area contributed by atoms with Crippen molar-refractivity contribution in [2.75, 3.05) is 20.2 Å². The fraction of sp³-hybridized carbons (Fsp3) is 0.333. The Bertz CT molecular complexity index is 1220. The van der Waals surface area contributed by atoms with Crippen molar-refractivity contribution in [2.24, 2.45) is 0 Å². The zero-order valence-corrected chi connectivity index (χ0v) is 21.4. The number of likely N-dealkylation sites (tertiary alicyclic amines) is 1. The lowest BCUT2D eigenvalue weighted by Crippen LogP contribution is -2.37. The minimum absolute atomic E-state index is 0.102. The minimum Gasteiger partial charge on any atom is -0.496 e. The Balaban J connectivity index is 1.39.